The van der Waals surface area contributed by atoms with Crippen molar-refractivity contribution in [1.29, 1.82) is 0 Å². The van der Waals surface area contributed by atoms with Gasteiger partial charge in [-0.25, -0.2) is 4.79 Å². The highest BCUT2D eigenvalue weighted by Crippen LogP contribution is 2.39. The number of benzene rings is 2. The van der Waals surface area contributed by atoms with Crippen LogP contribution in [0.15, 0.2) is 60.7 Å². The van der Waals surface area contributed by atoms with E-state index in [1.807, 2.05) is 20.8 Å². The van der Waals surface area contributed by atoms with Crippen molar-refractivity contribution in [2.24, 2.45) is 0 Å². The Balaban J connectivity index is 1.46. The number of amides is 1. The zero-order valence-corrected chi connectivity index (χ0v) is 23.9. The van der Waals surface area contributed by atoms with Gasteiger partial charge in [-0.15, -0.1) is 0 Å². The molecule has 1 aliphatic carbocycles. The van der Waals surface area contributed by atoms with Crippen molar-refractivity contribution < 1.29 is 14.3 Å². The SMILES string of the molecule is CC(C)(C)N(C(=O)O)[C@H]1CC[C@H](N2CC(O[Si](c3ccccc3)(c3ccccc3)C(C)(C)C)C2)CC1. The standard InChI is InChI=1S/C30H44N2O3Si/c1-29(2,3)32(28(33)34)24-19-17-23(18-20-24)31-21-25(22-31)35-36(30(4,5)6,26-13-9-7-10-14-26)27-15-11-8-12-16-27/h7-16,23-25H,17-22H2,1-6H3,(H,33,34)/t23-,24-. The van der Waals surface area contributed by atoms with E-state index in [2.05, 4.69) is 86.3 Å². The largest absolute Gasteiger partial charge is 0.465 e. The van der Waals surface area contributed by atoms with Crippen LogP contribution in [0.3, 0.4) is 0 Å². The predicted molar refractivity (Wildman–Crippen MR) is 150 cm³/mol. The summed E-state index contributed by atoms with van der Waals surface area (Å²) in [5, 5.41) is 12.4. The van der Waals surface area contributed by atoms with E-state index in [1.165, 1.54) is 10.4 Å². The zero-order valence-electron chi connectivity index (χ0n) is 22.9. The summed E-state index contributed by atoms with van der Waals surface area (Å²) in [6, 6.07) is 22.4. The third-order valence-corrected chi connectivity index (χ3v) is 13.2. The average Bonchev–Trinajstić information content (AvgIpc) is 2.78. The number of rotatable bonds is 6. The summed E-state index contributed by atoms with van der Waals surface area (Å²) in [4.78, 5) is 16.2. The Bertz CT molecular complexity index is 962. The predicted octanol–water partition coefficient (Wildman–Crippen LogP) is 5.34. The smallest absolute Gasteiger partial charge is 0.407 e. The zero-order chi connectivity index (χ0) is 26.1. The summed E-state index contributed by atoms with van der Waals surface area (Å²) in [5.41, 5.74) is -0.366. The highest BCUT2D eigenvalue weighted by molar-refractivity contribution is 6.99. The summed E-state index contributed by atoms with van der Waals surface area (Å²) in [6.07, 6.45) is 3.40. The molecule has 1 saturated carbocycles. The maximum Gasteiger partial charge on any atom is 0.407 e. The van der Waals surface area contributed by atoms with Crippen molar-refractivity contribution in [3.05, 3.63) is 60.7 Å². The lowest BCUT2D eigenvalue weighted by atomic mass is 9.86. The third-order valence-electron chi connectivity index (χ3n) is 8.11. The van der Waals surface area contributed by atoms with E-state index in [-0.39, 0.29) is 22.7 Å². The molecule has 4 rings (SSSR count). The Kier molecular flexibility index (Phi) is 7.70. The van der Waals surface area contributed by atoms with Gasteiger partial charge in [0.15, 0.2) is 0 Å². The molecule has 0 atom stereocenters. The maximum atomic E-state index is 11.9. The summed E-state index contributed by atoms with van der Waals surface area (Å²) < 4.78 is 7.28. The molecule has 1 saturated heterocycles. The van der Waals surface area contributed by atoms with Crippen molar-refractivity contribution >= 4 is 24.8 Å². The van der Waals surface area contributed by atoms with Gasteiger partial charge in [0.25, 0.3) is 8.32 Å². The molecule has 2 aromatic carbocycles. The van der Waals surface area contributed by atoms with Crippen molar-refractivity contribution in [3.63, 3.8) is 0 Å². The Hall–Kier alpha value is -2.15. The van der Waals surface area contributed by atoms with Crippen molar-refractivity contribution in [2.45, 2.75) is 96.0 Å². The highest BCUT2D eigenvalue weighted by atomic mass is 28.4. The molecule has 2 aliphatic rings. The fourth-order valence-corrected chi connectivity index (χ4v) is 11.1. The minimum Gasteiger partial charge on any atom is -0.465 e. The van der Waals surface area contributed by atoms with E-state index >= 15 is 0 Å². The van der Waals surface area contributed by atoms with Gasteiger partial charge in [-0.3, -0.25) is 4.90 Å². The molecule has 0 aromatic heterocycles. The molecule has 0 unspecified atom stereocenters. The van der Waals surface area contributed by atoms with Crippen LogP contribution < -0.4 is 10.4 Å². The number of likely N-dealkylation sites (tertiary alicyclic amines) is 1. The minimum atomic E-state index is -2.52. The molecular weight excluding hydrogens is 464 g/mol. The van der Waals surface area contributed by atoms with Crippen LogP contribution in [0.4, 0.5) is 4.79 Å². The van der Waals surface area contributed by atoms with Crippen molar-refractivity contribution in [1.82, 2.24) is 9.80 Å². The van der Waals surface area contributed by atoms with Gasteiger partial charge < -0.3 is 14.4 Å². The summed E-state index contributed by atoms with van der Waals surface area (Å²) >= 11 is 0. The second kappa shape index (κ2) is 10.3. The van der Waals surface area contributed by atoms with Gasteiger partial charge >= 0.3 is 6.09 Å². The Morgan fingerprint density at radius 2 is 1.33 bits per heavy atom. The lowest BCUT2D eigenvalue weighted by Gasteiger charge is -2.52. The lowest BCUT2D eigenvalue weighted by molar-refractivity contribution is -0.0339. The molecule has 1 aliphatic heterocycles. The molecule has 6 heteroatoms. The summed E-state index contributed by atoms with van der Waals surface area (Å²) in [5.74, 6) is 0. The Morgan fingerprint density at radius 3 is 1.72 bits per heavy atom. The number of nitrogens with zero attached hydrogens (tertiary/aromatic N) is 2. The van der Waals surface area contributed by atoms with Crippen LogP contribution in [0.2, 0.25) is 5.04 Å². The Morgan fingerprint density at radius 1 is 0.861 bits per heavy atom. The van der Waals surface area contributed by atoms with Gasteiger partial charge in [0.05, 0.1) is 6.10 Å². The van der Waals surface area contributed by atoms with E-state index < -0.39 is 14.4 Å². The number of carbonyl (C=O) groups is 1. The second-order valence-electron chi connectivity index (χ2n) is 12.6. The number of carboxylic acid groups (broad SMARTS) is 1. The minimum absolute atomic E-state index is 0.0125. The van der Waals surface area contributed by atoms with Gasteiger partial charge in [-0.05, 0) is 61.9 Å². The van der Waals surface area contributed by atoms with Crippen LogP contribution in [0.5, 0.6) is 0 Å². The number of hydrogen-bond acceptors (Lipinski definition) is 3. The first-order chi connectivity index (χ1) is 16.9. The lowest BCUT2D eigenvalue weighted by Crippen LogP contribution is -2.71. The van der Waals surface area contributed by atoms with Gasteiger partial charge in [-0.2, -0.15) is 0 Å². The molecule has 1 heterocycles. The topological polar surface area (TPSA) is 53.0 Å². The van der Waals surface area contributed by atoms with Crippen LogP contribution >= 0.6 is 0 Å². The molecule has 196 valence electrons. The van der Waals surface area contributed by atoms with E-state index in [0.717, 1.165) is 38.8 Å². The maximum absolute atomic E-state index is 11.9. The molecule has 5 nitrogen and oxygen atoms in total. The molecule has 2 fully saturated rings. The molecule has 2 aromatic rings. The molecule has 36 heavy (non-hydrogen) atoms. The van der Waals surface area contributed by atoms with Crippen LogP contribution in [0, 0.1) is 0 Å². The average molecular weight is 509 g/mol. The fraction of sp³-hybridized carbons (Fsp3) is 0.567. The normalized spacial score (nSPS) is 22.2. The quantitative estimate of drug-likeness (QED) is 0.536. The molecule has 1 amide bonds. The van der Waals surface area contributed by atoms with Gasteiger partial charge in [0, 0.05) is 30.7 Å². The molecule has 0 radical (unpaired) electrons. The van der Waals surface area contributed by atoms with E-state index in [1.54, 1.807) is 4.90 Å². The molecule has 0 bridgehead atoms. The Labute approximate surface area is 218 Å². The van der Waals surface area contributed by atoms with E-state index in [9.17, 15) is 9.90 Å². The summed E-state index contributed by atoms with van der Waals surface area (Å²) in [6.45, 7) is 14.9. The first kappa shape index (κ1) is 26.9. The first-order valence-corrected chi connectivity index (χ1v) is 15.4. The second-order valence-corrected chi connectivity index (χ2v) is 16.9. The van der Waals surface area contributed by atoms with Crippen molar-refractivity contribution in [3.8, 4) is 0 Å². The molecule has 0 spiro atoms. The monoisotopic (exact) mass is 508 g/mol. The van der Waals surface area contributed by atoms with Gasteiger partial charge in [0.2, 0.25) is 0 Å². The molecule has 1 N–H and O–H groups in total. The van der Waals surface area contributed by atoms with Gasteiger partial charge in [-0.1, -0.05) is 81.4 Å². The molecular formula is C30H44N2O3Si. The third kappa shape index (κ3) is 5.27. The summed E-state index contributed by atoms with van der Waals surface area (Å²) in [7, 11) is -2.52. The van der Waals surface area contributed by atoms with Gasteiger partial charge in [0.1, 0.15) is 0 Å². The van der Waals surface area contributed by atoms with Crippen LogP contribution in [0.25, 0.3) is 0 Å². The van der Waals surface area contributed by atoms with E-state index in [4.69, 9.17) is 4.43 Å². The van der Waals surface area contributed by atoms with Crippen LogP contribution in [0.1, 0.15) is 67.2 Å². The fourth-order valence-electron chi connectivity index (χ4n) is 6.46. The highest BCUT2D eigenvalue weighted by Gasteiger charge is 2.53. The van der Waals surface area contributed by atoms with Crippen LogP contribution in [-0.2, 0) is 4.43 Å². The van der Waals surface area contributed by atoms with E-state index in [0.29, 0.717) is 6.04 Å². The first-order valence-electron chi connectivity index (χ1n) is 13.5. The van der Waals surface area contributed by atoms with Crippen molar-refractivity contribution in [2.75, 3.05) is 13.1 Å². The number of hydrogen-bond donors (Lipinski definition) is 1. The van der Waals surface area contributed by atoms with Crippen LogP contribution in [-0.4, -0.2) is 66.1 Å².